The zero-order chi connectivity index (χ0) is 9.61. The van der Waals surface area contributed by atoms with E-state index in [9.17, 15) is 18.0 Å². The first-order valence-electron chi connectivity index (χ1n) is 3.18. The summed E-state index contributed by atoms with van der Waals surface area (Å²) < 4.78 is 34.5. The number of halogens is 3. The minimum Gasteiger partial charge on any atom is -0.345 e. The molecule has 0 aliphatic rings. The van der Waals surface area contributed by atoms with Crippen molar-refractivity contribution in [3.63, 3.8) is 0 Å². The highest BCUT2D eigenvalue weighted by Crippen LogP contribution is 2.13. The van der Waals surface area contributed by atoms with E-state index in [0.717, 1.165) is 0 Å². The number of carbonyl (C=O) groups is 1. The Bertz CT molecular complexity index is 176. The van der Waals surface area contributed by atoms with Crippen molar-refractivity contribution in [1.29, 1.82) is 0 Å². The van der Waals surface area contributed by atoms with Gasteiger partial charge in [0.15, 0.2) is 0 Å². The second-order valence-corrected chi connectivity index (χ2v) is 1.91. The fourth-order valence-corrected chi connectivity index (χ4v) is 0.431. The van der Waals surface area contributed by atoms with Crippen LogP contribution >= 0.6 is 0 Å². The van der Waals surface area contributed by atoms with Crippen LogP contribution in [-0.4, -0.2) is 25.2 Å². The number of alkyl halides is 3. The third-order valence-corrected chi connectivity index (χ3v) is 0.941. The summed E-state index contributed by atoms with van der Waals surface area (Å²) in [5, 5.41) is 1.65. The van der Waals surface area contributed by atoms with Crippen molar-refractivity contribution in [2.24, 2.45) is 5.73 Å². The lowest BCUT2D eigenvalue weighted by Crippen LogP contribution is -2.36. The molecule has 0 saturated heterocycles. The van der Waals surface area contributed by atoms with Gasteiger partial charge in [-0.3, -0.25) is 4.79 Å². The number of hydrogen-bond acceptors (Lipinski definition) is 2. The van der Waals surface area contributed by atoms with Crippen LogP contribution in [0, 0.1) is 0 Å². The van der Waals surface area contributed by atoms with E-state index in [4.69, 9.17) is 5.73 Å². The summed E-state index contributed by atoms with van der Waals surface area (Å²) in [6.45, 7) is 0.0808. The monoisotopic (exact) mass is 182 g/mol. The molecule has 12 heavy (non-hydrogen) atoms. The van der Waals surface area contributed by atoms with Crippen molar-refractivity contribution in [2.75, 3.05) is 13.1 Å². The number of nitrogens with one attached hydrogen (secondary N) is 1. The summed E-state index contributed by atoms with van der Waals surface area (Å²) in [6.07, 6.45) is -2.00. The molecule has 3 nitrogen and oxygen atoms in total. The van der Waals surface area contributed by atoms with E-state index in [1.165, 1.54) is 12.2 Å². The van der Waals surface area contributed by atoms with Crippen molar-refractivity contribution in [1.82, 2.24) is 5.32 Å². The Labute approximate surface area is 67.4 Å². The van der Waals surface area contributed by atoms with Crippen molar-refractivity contribution < 1.29 is 18.0 Å². The molecule has 0 aromatic rings. The first-order chi connectivity index (χ1) is 5.48. The first-order valence-corrected chi connectivity index (χ1v) is 3.18. The van der Waals surface area contributed by atoms with Crippen LogP contribution < -0.4 is 11.1 Å². The van der Waals surface area contributed by atoms with E-state index >= 15 is 0 Å². The lowest BCUT2D eigenvalue weighted by atomic mass is 10.4. The van der Waals surface area contributed by atoms with E-state index in [1.807, 2.05) is 0 Å². The lowest BCUT2D eigenvalue weighted by Gasteiger charge is -2.04. The molecule has 0 heterocycles. The smallest absolute Gasteiger partial charge is 0.345 e. The molecule has 0 fully saturated rings. The Hall–Kier alpha value is -1.04. The Balaban J connectivity index is 3.66. The van der Waals surface area contributed by atoms with Gasteiger partial charge in [0.25, 0.3) is 0 Å². The van der Waals surface area contributed by atoms with E-state index in [1.54, 1.807) is 5.32 Å². The summed E-state index contributed by atoms with van der Waals surface area (Å²) in [4.78, 5) is 10.1. The molecular weight excluding hydrogens is 173 g/mol. The van der Waals surface area contributed by atoms with Crippen molar-refractivity contribution in [3.8, 4) is 0 Å². The third kappa shape index (κ3) is 4.73. The normalized spacial score (nSPS) is 12.0. The van der Waals surface area contributed by atoms with Crippen molar-refractivity contribution in [3.05, 3.63) is 12.2 Å². The summed E-state index contributed by atoms with van der Waals surface area (Å²) in [7, 11) is 0. The molecular formula is C6H9F3N2O. The van der Waals surface area contributed by atoms with Gasteiger partial charge in [0.2, 0.25) is 0 Å². The van der Waals surface area contributed by atoms with Gasteiger partial charge >= 0.3 is 12.1 Å². The maximum Gasteiger partial charge on any atom is 0.471 e. The largest absolute Gasteiger partial charge is 0.471 e. The van der Waals surface area contributed by atoms with Crippen LogP contribution in [0.5, 0.6) is 0 Å². The van der Waals surface area contributed by atoms with Crippen LogP contribution in [0.25, 0.3) is 0 Å². The molecule has 0 spiro atoms. The molecule has 0 aromatic carbocycles. The minimum atomic E-state index is -4.81. The average molecular weight is 182 g/mol. The molecule has 0 unspecified atom stereocenters. The van der Waals surface area contributed by atoms with Gasteiger partial charge in [0, 0.05) is 13.1 Å². The highest BCUT2D eigenvalue weighted by atomic mass is 19.4. The van der Waals surface area contributed by atoms with E-state index in [-0.39, 0.29) is 13.1 Å². The molecule has 1 amide bonds. The van der Waals surface area contributed by atoms with Gasteiger partial charge in [-0.15, -0.1) is 0 Å². The Morgan fingerprint density at radius 3 is 2.42 bits per heavy atom. The molecule has 6 heteroatoms. The number of amides is 1. The number of hydrogen-bond donors (Lipinski definition) is 2. The zero-order valence-electron chi connectivity index (χ0n) is 6.19. The second-order valence-electron chi connectivity index (χ2n) is 1.91. The van der Waals surface area contributed by atoms with Gasteiger partial charge < -0.3 is 11.1 Å². The molecule has 0 saturated carbocycles. The summed E-state index contributed by atoms with van der Waals surface area (Å²) in [5.41, 5.74) is 5.01. The fraction of sp³-hybridized carbons (Fsp3) is 0.500. The van der Waals surface area contributed by atoms with E-state index in [2.05, 4.69) is 0 Å². The topological polar surface area (TPSA) is 55.1 Å². The summed E-state index contributed by atoms with van der Waals surface area (Å²) in [6, 6.07) is 0. The van der Waals surface area contributed by atoms with E-state index in [0.29, 0.717) is 0 Å². The highest BCUT2D eigenvalue weighted by Gasteiger charge is 2.37. The minimum absolute atomic E-state index is 0.157. The Morgan fingerprint density at radius 2 is 2.00 bits per heavy atom. The quantitative estimate of drug-likeness (QED) is 0.612. The van der Waals surface area contributed by atoms with E-state index < -0.39 is 12.1 Å². The maximum absolute atomic E-state index is 11.5. The van der Waals surface area contributed by atoms with Gasteiger partial charge in [0.05, 0.1) is 0 Å². The van der Waals surface area contributed by atoms with Crippen LogP contribution in [0.15, 0.2) is 12.2 Å². The van der Waals surface area contributed by atoms with Gasteiger partial charge in [0.1, 0.15) is 0 Å². The number of carbonyl (C=O) groups excluding carboxylic acids is 1. The zero-order valence-corrected chi connectivity index (χ0v) is 6.19. The molecule has 3 N–H and O–H groups in total. The van der Waals surface area contributed by atoms with Crippen LogP contribution in [0.1, 0.15) is 0 Å². The second kappa shape index (κ2) is 4.76. The van der Waals surface area contributed by atoms with Crippen molar-refractivity contribution >= 4 is 5.91 Å². The molecule has 0 bridgehead atoms. The SMILES string of the molecule is NC/C=C/CNC(=O)C(F)(F)F. The standard InChI is InChI=1S/C6H9F3N2O/c7-6(8,9)5(12)11-4-2-1-3-10/h1-2H,3-4,10H2,(H,11,12)/b2-1+. The van der Waals surface area contributed by atoms with Crippen LogP contribution in [0.3, 0.4) is 0 Å². The number of nitrogens with two attached hydrogens (primary N) is 1. The highest BCUT2D eigenvalue weighted by molar-refractivity contribution is 5.81. The molecule has 0 radical (unpaired) electrons. The van der Waals surface area contributed by atoms with Gasteiger partial charge in [-0.25, -0.2) is 0 Å². The number of rotatable bonds is 3. The lowest BCUT2D eigenvalue weighted by molar-refractivity contribution is -0.173. The molecule has 0 atom stereocenters. The predicted octanol–water partition coefficient (Wildman–Crippen LogP) is 0.180. The predicted molar refractivity (Wildman–Crippen MR) is 37.3 cm³/mol. The maximum atomic E-state index is 11.5. The Kier molecular flexibility index (Phi) is 4.35. The summed E-state index contributed by atoms with van der Waals surface area (Å²) in [5.74, 6) is -1.94. The summed E-state index contributed by atoms with van der Waals surface area (Å²) >= 11 is 0. The Morgan fingerprint density at radius 1 is 1.42 bits per heavy atom. The fourth-order valence-electron chi connectivity index (χ4n) is 0.431. The molecule has 0 aliphatic carbocycles. The first kappa shape index (κ1) is 11.0. The third-order valence-electron chi connectivity index (χ3n) is 0.941. The molecule has 70 valence electrons. The molecule has 0 aliphatic heterocycles. The van der Waals surface area contributed by atoms with Crippen LogP contribution in [-0.2, 0) is 4.79 Å². The van der Waals surface area contributed by atoms with Crippen molar-refractivity contribution in [2.45, 2.75) is 6.18 Å². The van der Waals surface area contributed by atoms with Gasteiger partial charge in [-0.2, -0.15) is 13.2 Å². The molecule has 0 aromatic heterocycles. The van der Waals surface area contributed by atoms with Gasteiger partial charge in [-0.1, -0.05) is 12.2 Å². The van der Waals surface area contributed by atoms with Crippen LogP contribution in [0.2, 0.25) is 0 Å². The van der Waals surface area contributed by atoms with Crippen LogP contribution in [0.4, 0.5) is 13.2 Å². The average Bonchev–Trinajstić information content (AvgIpc) is 1.96. The van der Waals surface area contributed by atoms with Gasteiger partial charge in [-0.05, 0) is 0 Å². The molecule has 0 rings (SSSR count).